The van der Waals surface area contributed by atoms with Gasteiger partial charge in [0.15, 0.2) is 0 Å². The predicted octanol–water partition coefficient (Wildman–Crippen LogP) is 3.69. The molecule has 3 aromatic rings. The molecule has 1 aromatic carbocycles. The fourth-order valence-electron chi connectivity index (χ4n) is 3.76. The van der Waals surface area contributed by atoms with E-state index in [2.05, 4.69) is 45.6 Å². The van der Waals surface area contributed by atoms with Gasteiger partial charge in [-0.3, -0.25) is 14.4 Å². The van der Waals surface area contributed by atoms with Crippen LogP contribution in [0.4, 0.5) is 0 Å². The van der Waals surface area contributed by atoms with E-state index in [1.54, 1.807) is 18.4 Å². The Morgan fingerprint density at radius 3 is 2.85 bits per heavy atom. The number of nitrogens with one attached hydrogen (secondary N) is 1. The van der Waals surface area contributed by atoms with Gasteiger partial charge in [-0.1, -0.05) is 24.3 Å². The molecule has 1 amide bonds. The van der Waals surface area contributed by atoms with Gasteiger partial charge in [0.25, 0.3) is 5.91 Å². The van der Waals surface area contributed by atoms with Crippen LogP contribution in [0.3, 0.4) is 0 Å². The van der Waals surface area contributed by atoms with Gasteiger partial charge >= 0.3 is 0 Å². The smallest absolute Gasteiger partial charge is 0.261 e. The van der Waals surface area contributed by atoms with E-state index in [-0.39, 0.29) is 5.91 Å². The molecule has 1 fully saturated rings. The summed E-state index contributed by atoms with van der Waals surface area (Å²) in [5, 5.41) is 7.01. The zero-order chi connectivity index (χ0) is 18.6. The number of carbonyl (C=O) groups excluding carboxylic acids is 1. The topological polar surface area (TPSA) is 50.2 Å². The summed E-state index contributed by atoms with van der Waals surface area (Å²) >= 11 is 1.62. The fourth-order valence-corrected chi connectivity index (χ4v) is 4.88. The monoisotopic (exact) mass is 380 g/mol. The van der Waals surface area contributed by atoms with Crippen LogP contribution < -0.4 is 5.32 Å². The first kappa shape index (κ1) is 17.9. The van der Waals surface area contributed by atoms with Crippen LogP contribution >= 0.6 is 11.3 Å². The highest BCUT2D eigenvalue weighted by atomic mass is 32.1. The Bertz CT molecular complexity index is 903. The minimum absolute atomic E-state index is 0.00196. The number of nitrogens with zero attached hydrogens (tertiary/aromatic N) is 3. The molecule has 27 heavy (non-hydrogen) atoms. The van der Waals surface area contributed by atoms with Crippen molar-refractivity contribution in [3.05, 3.63) is 75.7 Å². The first-order chi connectivity index (χ1) is 13.2. The second-order valence-corrected chi connectivity index (χ2v) is 8.05. The first-order valence-corrected chi connectivity index (χ1v) is 10.2. The Kier molecular flexibility index (Phi) is 5.36. The maximum atomic E-state index is 11.9. The van der Waals surface area contributed by atoms with Gasteiger partial charge in [0, 0.05) is 36.9 Å². The van der Waals surface area contributed by atoms with E-state index in [1.807, 2.05) is 29.2 Å². The average Bonchev–Trinajstić information content (AvgIpc) is 3.43. The quantitative estimate of drug-likeness (QED) is 0.710. The standard InChI is InChI=1S/C21H24N4OS/c1-22-21(26)20-9-8-19(27-20)18-7-3-11-24(18)14-16-5-2-6-17(13-16)15-25-12-4-10-23-25/h2,4-6,8-10,12-13,18H,3,7,11,14-15H2,1H3,(H,22,26). The number of amides is 1. The third-order valence-corrected chi connectivity index (χ3v) is 6.24. The molecular weight excluding hydrogens is 356 g/mol. The number of benzene rings is 1. The molecule has 1 N–H and O–H groups in total. The lowest BCUT2D eigenvalue weighted by atomic mass is 10.1. The van der Waals surface area contributed by atoms with Crippen molar-refractivity contribution in [1.29, 1.82) is 0 Å². The average molecular weight is 381 g/mol. The maximum Gasteiger partial charge on any atom is 0.261 e. The van der Waals surface area contributed by atoms with Crippen LogP contribution in [0, 0.1) is 0 Å². The SMILES string of the molecule is CNC(=O)c1ccc(C2CCCN2Cc2cccc(Cn3cccn3)c2)s1. The third-order valence-electron chi connectivity index (χ3n) is 5.05. The molecule has 140 valence electrons. The van der Waals surface area contributed by atoms with Crippen LogP contribution in [0.15, 0.2) is 54.9 Å². The molecule has 1 atom stereocenters. The van der Waals surface area contributed by atoms with E-state index in [1.165, 1.54) is 22.4 Å². The number of rotatable bonds is 6. The molecular formula is C21H24N4OS. The first-order valence-electron chi connectivity index (χ1n) is 9.34. The minimum atomic E-state index is 0.00196. The van der Waals surface area contributed by atoms with Crippen molar-refractivity contribution in [2.45, 2.75) is 32.0 Å². The largest absolute Gasteiger partial charge is 0.354 e. The molecule has 1 unspecified atom stereocenters. The molecule has 0 spiro atoms. The summed E-state index contributed by atoms with van der Waals surface area (Å²) in [6.45, 7) is 2.83. The van der Waals surface area contributed by atoms with Gasteiger partial charge in [0.1, 0.15) is 0 Å². The van der Waals surface area contributed by atoms with E-state index >= 15 is 0 Å². The number of likely N-dealkylation sites (tertiary alicyclic amines) is 1. The lowest BCUT2D eigenvalue weighted by molar-refractivity contribution is 0.0967. The second-order valence-electron chi connectivity index (χ2n) is 6.93. The predicted molar refractivity (Wildman–Crippen MR) is 108 cm³/mol. The lowest BCUT2D eigenvalue weighted by Gasteiger charge is -2.24. The van der Waals surface area contributed by atoms with Gasteiger partial charge < -0.3 is 5.32 Å². The van der Waals surface area contributed by atoms with E-state index in [4.69, 9.17) is 0 Å². The Labute approximate surface area is 163 Å². The highest BCUT2D eigenvalue weighted by molar-refractivity contribution is 7.14. The summed E-state index contributed by atoms with van der Waals surface area (Å²) in [5.74, 6) is 0.00196. The number of aromatic nitrogens is 2. The van der Waals surface area contributed by atoms with Gasteiger partial charge in [-0.25, -0.2) is 0 Å². The second kappa shape index (κ2) is 8.06. The van der Waals surface area contributed by atoms with Crippen molar-refractivity contribution in [3.63, 3.8) is 0 Å². The fraction of sp³-hybridized carbons (Fsp3) is 0.333. The molecule has 0 aliphatic carbocycles. The van der Waals surface area contributed by atoms with Crippen LogP contribution in [0.2, 0.25) is 0 Å². The molecule has 0 radical (unpaired) electrons. The molecule has 1 aliphatic heterocycles. The normalized spacial score (nSPS) is 17.3. The van der Waals surface area contributed by atoms with Gasteiger partial charge in [0.05, 0.1) is 11.4 Å². The highest BCUT2D eigenvalue weighted by Gasteiger charge is 2.27. The van der Waals surface area contributed by atoms with Crippen LogP contribution in [0.1, 0.15) is 44.6 Å². The molecule has 1 aliphatic rings. The van der Waals surface area contributed by atoms with Crippen LogP contribution in [0.25, 0.3) is 0 Å². The molecule has 0 bridgehead atoms. The highest BCUT2D eigenvalue weighted by Crippen LogP contribution is 2.36. The van der Waals surface area contributed by atoms with Gasteiger partial charge in [0.2, 0.25) is 0 Å². The van der Waals surface area contributed by atoms with Crippen LogP contribution in [-0.2, 0) is 13.1 Å². The summed E-state index contributed by atoms with van der Waals surface area (Å²) in [5.41, 5.74) is 2.60. The zero-order valence-electron chi connectivity index (χ0n) is 15.5. The van der Waals surface area contributed by atoms with E-state index in [0.29, 0.717) is 6.04 Å². The Morgan fingerprint density at radius 1 is 1.22 bits per heavy atom. The molecule has 1 saturated heterocycles. The molecule has 5 nitrogen and oxygen atoms in total. The van der Waals surface area contributed by atoms with Crippen molar-refractivity contribution in [2.75, 3.05) is 13.6 Å². The Balaban J connectivity index is 1.47. The number of thiophene rings is 1. The van der Waals surface area contributed by atoms with E-state index < -0.39 is 0 Å². The van der Waals surface area contributed by atoms with Crippen molar-refractivity contribution < 1.29 is 4.79 Å². The van der Waals surface area contributed by atoms with Crippen molar-refractivity contribution in [2.24, 2.45) is 0 Å². The summed E-state index contributed by atoms with van der Waals surface area (Å²) in [6, 6.07) is 15.2. The molecule has 3 heterocycles. The summed E-state index contributed by atoms with van der Waals surface area (Å²) in [6.07, 6.45) is 6.16. The zero-order valence-corrected chi connectivity index (χ0v) is 16.3. The lowest BCUT2D eigenvalue weighted by Crippen LogP contribution is -2.22. The van der Waals surface area contributed by atoms with Crippen molar-refractivity contribution >= 4 is 17.2 Å². The molecule has 0 saturated carbocycles. The van der Waals surface area contributed by atoms with E-state index in [9.17, 15) is 4.79 Å². The van der Waals surface area contributed by atoms with Gasteiger partial charge in [-0.15, -0.1) is 11.3 Å². The Hall–Kier alpha value is -2.44. The van der Waals surface area contributed by atoms with Crippen LogP contribution in [-0.4, -0.2) is 34.2 Å². The molecule has 6 heteroatoms. The molecule has 2 aromatic heterocycles. The third kappa shape index (κ3) is 4.12. The van der Waals surface area contributed by atoms with Gasteiger partial charge in [-0.2, -0.15) is 5.10 Å². The number of hydrogen-bond acceptors (Lipinski definition) is 4. The van der Waals surface area contributed by atoms with Gasteiger partial charge in [-0.05, 0) is 48.7 Å². The van der Waals surface area contributed by atoms with Crippen molar-refractivity contribution in [3.8, 4) is 0 Å². The number of hydrogen-bond donors (Lipinski definition) is 1. The summed E-state index contributed by atoms with van der Waals surface area (Å²) in [4.78, 5) is 16.5. The summed E-state index contributed by atoms with van der Waals surface area (Å²) < 4.78 is 1.95. The van der Waals surface area contributed by atoms with Crippen molar-refractivity contribution in [1.82, 2.24) is 20.0 Å². The Morgan fingerprint density at radius 2 is 2.07 bits per heavy atom. The van der Waals surface area contributed by atoms with Crippen LogP contribution in [0.5, 0.6) is 0 Å². The van der Waals surface area contributed by atoms with E-state index in [0.717, 1.165) is 30.9 Å². The number of carbonyl (C=O) groups is 1. The molecule has 4 rings (SSSR count). The maximum absolute atomic E-state index is 11.9. The minimum Gasteiger partial charge on any atom is -0.354 e. The summed E-state index contributed by atoms with van der Waals surface area (Å²) in [7, 11) is 1.68.